The van der Waals surface area contributed by atoms with Gasteiger partial charge in [0.2, 0.25) is 17.5 Å². The summed E-state index contributed by atoms with van der Waals surface area (Å²) in [5, 5.41) is 11.5. The van der Waals surface area contributed by atoms with Gasteiger partial charge in [0.25, 0.3) is 5.22 Å². The van der Waals surface area contributed by atoms with Crippen LogP contribution in [0.1, 0.15) is 42.5 Å². The molecule has 1 N–H and O–H groups in total. The number of carbonyl (C=O) groups excluding carboxylic acids is 1. The molecule has 0 fully saturated rings. The van der Waals surface area contributed by atoms with Crippen LogP contribution in [0.4, 0.5) is 0 Å². The van der Waals surface area contributed by atoms with E-state index in [2.05, 4.69) is 33.7 Å². The molecule has 0 radical (unpaired) electrons. The van der Waals surface area contributed by atoms with Gasteiger partial charge in [0, 0.05) is 5.56 Å². The predicted molar refractivity (Wildman–Crippen MR) is 130 cm³/mol. The van der Waals surface area contributed by atoms with E-state index in [-0.39, 0.29) is 17.7 Å². The lowest BCUT2D eigenvalue weighted by Gasteiger charge is -2.20. The average Bonchev–Trinajstić information content (AvgIpc) is 3.35. The van der Waals surface area contributed by atoms with Crippen LogP contribution in [0.25, 0.3) is 11.5 Å². The largest absolute Gasteiger partial charge is 0.493 e. The van der Waals surface area contributed by atoms with Gasteiger partial charge in [0.05, 0.1) is 33.1 Å². The summed E-state index contributed by atoms with van der Waals surface area (Å²) in [4.78, 5) is 12.5. The van der Waals surface area contributed by atoms with Gasteiger partial charge in [0.1, 0.15) is 0 Å². The molecule has 1 heterocycles. The number of methoxy groups -OCH3 is 3. The molecule has 1 atom stereocenters. The summed E-state index contributed by atoms with van der Waals surface area (Å²) in [6.45, 7) is 2.00. The highest BCUT2D eigenvalue weighted by Crippen LogP contribution is 2.41. The third-order valence-electron chi connectivity index (χ3n) is 5.89. The normalized spacial score (nSPS) is 13.6. The zero-order valence-electron chi connectivity index (χ0n) is 19.8. The van der Waals surface area contributed by atoms with Gasteiger partial charge >= 0.3 is 0 Å². The van der Waals surface area contributed by atoms with E-state index in [4.69, 9.17) is 18.6 Å². The maximum Gasteiger partial charge on any atom is 0.277 e. The lowest BCUT2D eigenvalue weighted by molar-refractivity contribution is -0.119. The van der Waals surface area contributed by atoms with Gasteiger partial charge in [-0.25, -0.2) is 0 Å². The van der Waals surface area contributed by atoms with Crippen molar-refractivity contribution >= 4 is 17.7 Å². The molecule has 34 heavy (non-hydrogen) atoms. The maximum atomic E-state index is 12.5. The summed E-state index contributed by atoms with van der Waals surface area (Å²) in [6.07, 6.45) is 4.75. The second kappa shape index (κ2) is 10.8. The fraction of sp³-hybridized carbons (Fsp3) is 0.400. The average molecular weight is 484 g/mol. The van der Waals surface area contributed by atoms with Gasteiger partial charge in [0.15, 0.2) is 11.5 Å². The Balaban J connectivity index is 1.37. The monoisotopic (exact) mass is 483 g/mol. The van der Waals surface area contributed by atoms with Crippen molar-refractivity contribution in [3.63, 3.8) is 0 Å². The number of aromatic nitrogens is 2. The Morgan fingerprint density at radius 2 is 1.74 bits per heavy atom. The third kappa shape index (κ3) is 5.30. The fourth-order valence-corrected chi connectivity index (χ4v) is 4.68. The fourth-order valence-electron chi connectivity index (χ4n) is 4.11. The highest BCUT2D eigenvalue weighted by atomic mass is 32.2. The van der Waals surface area contributed by atoms with Crippen molar-refractivity contribution in [1.29, 1.82) is 0 Å². The number of fused-ring (bicyclic) bond motifs is 1. The lowest BCUT2D eigenvalue weighted by atomic mass is 9.89. The molecule has 8 nitrogen and oxygen atoms in total. The second-order valence-electron chi connectivity index (χ2n) is 8.10. The molecule has 2 aromatic carbocycles. The van der Waals surface area contributed by atoms with Crippen LogP contribution in [0.5, 0.6) is 17.2 Å². The zero-order chi connectivity index (χ0) is 24.1. The molecule has 1 aromatic heterocycles. The predicted octanol–water partition coefficient (Wildman–Crippen LogP) is 4.61. The number of nitrogens with one attached hydrogen (secondary N) is 1. The number of nitrogens with zero attached hydrogens (tertiary/aromatic N) is 2. The summed E-state index contributed by atoms with van der Waals surface area (Å²) in [5.41, 5.74) is 4.59. The van der Waals surface area contributed by atoms with Gasteiger partial charge in [-0.15, -0.1) is 10.2 Å². The smallest absolute Gasteiger partial charge is 0.277 e. The highest BCUT2D eigenvalue weighted by molar-refractivity contribution is 7.99. The first kappa shape index (κ1) is 23.9. The summed E-state index contributed by atoms with van der Waals surface area (Å²) in [6, 6.07) is 9.94. The Hall–Kier alpha value is -3.20. The number of carbonyl (C=O) groups is 1. The number of hydrogen-bond acceptors (Lipinski definition) is 8. The van der Waals surface area contributed by atoms with Crippen molar-refractivity contribution in [2.45, 2.75) is 43.9 Å². The van der Waals surface area contributed by atoms with Crippen molar-refractivity contribution < 1.29 is 23.4 Å². The van der Waals surface area contributed by atoms with E-state index in [1.165, 1.54) is 35.7 Å². The van der Waals surface area contributed by atoms with E-state index in [9.17, 15) is 4.79 Å². The third-order valence-corrected chi connectivity index (χ3v) is 6.71. The molecular weight excluding hydrogens is 454 g/mol. The number of benzene rings is 2. The van der Waals surface area contributed by atoms with Crippen molar-refractivity contribution in [3.05, 3.63) is 47.0 Å². The van der Waals surface area contributed by atoms with Crippen LogP contribution in [0, 0.1) is 0 Å². The Labute approximate surface area is 203 Å². The van der Waals surface area contributed by atoms with Crippen LogP contribution in [-0.4, -0.2) is 43.2 Å². The van der Waals surface area contributed by atoms with Crippen molar-refractivity contribution in [2.24, 2.45) is 0 Å². The summed E-state index contributed by atoms with van der Waals surface area (Å²) < 4.78 is 21.9. The van der Waals surface area contributed by atoms with Gasteiger partial charge in [-0.05, 0) is 61.4 Å². The topological polar surface area (TPSA) is 95.7 Å². The van der Waals surface area contributed by atoms with E-state index in [0.29, 0.717) is 33.9 Å². The van der Waals surface area contributed by atoms with Crippen LogP contribution in [0.15, 0.2) is 40.0 Å². The van der Waals surface area contributed by atoms with Crippen LogP contribution >= 0.6 is 11.8 Å². The second-order valence-corrected chi connectivity index (χ2v) is 9.03. The SMILES string of the molecule is COc1cc(-c2nnc(SCC(=O)N[C@@H](C)c3ccc4c(c3)CCCC4)o2)cc(OC)c1OC. The molecule has 9 heteroatoms. The number of ether oxygens (including phenoxy) is 3. The molecule has 4 rings (SSSR count). The van der Waals surface area contributed by atoms with Gasteiger partial charge in [-0.1, -0.05) is 30.0 Å². The molecule has 1 aliphatic carbocycles. The minimum atomic E-state index is -0.0947. The van der Waals surface area contributed by atoms with E-state index in [1.54, 1.807) is 33.5 Å². The Bertz CT molecular complexity index is 1140. The molecule has 1 amide bonds. The summed E-state index contributed by atoms with van der Waals surface area (Å²) in [7, 11) is 4.62. The first-order chi connectivity index (χ1) is 16.5. The van der Waals surface area contributed by atoms with Crippen molar-refractivity contribution in [2.75, 3.05) is 27.1 Å². The minimum absolute atomic E-state index is 0.0715. The van der Waals surface area contributed by atoms with Crippen LogP contribution in [-0.2, 0) is 17.6 Å². The number of hydrogen-bond donors (Lipinski definition) is 1. The lowest BCUT2D eigenvalue weighted by Crippen LogP contribution is -2.28. The highest BCUT2D eigenvalue weighted by Gasteiger charge is 2.19. The molecule has 0 saturated carbocycles. The zero-order valence-corrected chi connectivity index (χ0v) is 20.7. The molecule has 1 aliphatic rings. The molecule has 0 bridgehead atoms. The number of aryl methyl sites for hydroxylation is 2. The van der Waals surface area contributed by atoms with Crippen molar-refractivity contribution in [1.82, 2.24) is 15.5 Å². The van der Waals surface area contributed by atoms with Gasteiger partial charge in [-0.2, -0.15) is 0 Å². The van der Waals surface area contributed by atoms with Crippen LogP contribution in [0.3, 0.4) is 0 Å². The van der Waals surface area contributed by atoms with E-state index in [1.807, 2.05) is 6.92 Å². The molecule has 0 unspecified atom stereocenters. The molecule has 3 aromatic rings. The number of thioether (sulfide) groups is 1. The van der Waals surface area contributed by atoms with Crippen LogP contribution < -0.4 is 19.5 Å². The molecule has 0 saturated heterocycles. The Morgan fingerprint density at radius 3 is 2.41 bits per heavy atom. The quantitative estimate of drug-likeness (QED) is 0.441. The molecule has 0 spiro atoms. The van der Waals surface area contributed by atoms with E-state index < -0.39 is 0 Å². The van der Waals surface area contributed by atoms with Crippen molar-refractivity contribution in [3.8, 4) is 28.7 Å². The summed E-state index contributed by atoms with van der Waals surface area (Å²) in [5.74, 6) is 1.83. The summed E-state index contributed by atoms with van der Waals surface area (Å²) >= 11 is 1.19. The first-order valence-electron chi connectivity index (χ1n) is 11.2. The Kier molecular flexibility index (Phi) is 7.62. The van der Waals surface area contributed by atoms with E-state index in [0.717, 1.165) is 18.4 Å². The molecular formula is C25H29N3O5S. The van der Waals surface area contributed by atoms with Crippen LogP contribution in [0.2, 0.25) is 0 Å². The van der Waals surface area contributed by atoms with Gasteiger partial charge < -0.3 is 23.9 Å². The van der Waals surface area contributed by atoms with Gasteiger partial charge in [-0.3, -0.25) is 4.79 Å². The molecule has 0 aliphatic heterocycles. The number of rotatable bonds is 9. The standard InChI is InChI=1S/C25H29N3O5S/c1-15(17-10-9-16-7-5-6-8-18(16)11-17)26-22(29)14-34-25-28-27-24(33-25)19-12-20(30-2)23(32-4)21(13-19)31-3/h9-13,15H,5-8,14H2,1-4H3,(H,26,29)/t15-/m0/s1. The molecule has 180 valence electrons. The maximum absolute atomic E-state index is 12.5. The van der Waals surface area contributed by atoms with E-state index >= 15 is 0 Å². The first-order valence-corrected chi connectivity index (χ1v) is 12.2. The minimum Gasteiger partial charge on any atom is -0.493 e. The number of amides is 1. The Morgan fingerprint density at radius 1 is 1.03 bits per heavy atom.